The Morgan fingerprint density at radius 2 is 1.85 bits per heavy atom. The Hall–Kier alpha value is -3.20. The number of hydrogen-bond donors (Lipinski definition) is 1. The van der Waals surface area contributed by atoms with Crippen molar-refractivity contribution in [2.75, 3.05) is 6.54 Å². The van der Waals surface area contributed by atoms with Gasteiger partial charge in [0.05, 0.1) is 12.5 Å². The number of piperidine rings is 1. The van der Waals surface area contributed by atoms with Crippen molar-refractivity contribution in [2.24, 2.45) is 23.7 Å². The third kappa shape index (κ3) is 5.30. The Labute approximate surface area is 199 Å². The minimum absolute atomic E-state index is 0.0209. The van der Waals surface area contributed by atoms with Crippen LogP contribution in [0.3, 0.4) is 0 Å². The number of benzene rings is 1. The Morgan fingerprint density at radius 1 is 1.09 bits per heavy atom. The van der Waals surface area contributed by atoms with E-state index in [1.807, 2.05) is 49.4 Å². The molecule has 0 saturated carbocycles. The van der Waals surface area contributed by atoms with Crippen LogP contribution in [0.2, 0.25) is 0 Å². The van der Waals surface area contributed by atoms with Crippen molar-refractivity contribution in [3.8, 4) is 0 Å². The van der Waals surface area contributed by atoms with Crippen molar-refractivity contribution in [2.45, 2.75) is 52.2 Å². The van der Waals surface area contributed by atoms with Crippen LogP contribution in [0.4, 0.5) is 4.79 Å². The minimum atomic E-state index is -0.914. The predicted octanol–water partition coefficient (Wildman–Crippen LogP) is 2.97. The van der Waals surface area contributed by atoms with Gasteiger partial charge < -0.3 is 9.74 Å². The third-order valence-corrected chi connectivity index (χ3v) is 6.76. The number of allylic oxidation sites excluding steroid dienone is 2. The van der Waals surface area contributed by atoms with Gasteiger partial charge in [0.15, 0.2) is 0 Å². The molecular weight excluding hydrogens is 438 g/mol. The van der Waals surface area contributed by atoms with E-state index in [0.717, 1.165) is 12.0 Å². The summed E-state index contributed by atoms with van der Waals surface area (Å²) >= 11 is 0. The van der Waals surface area contributed by atoms with Crippen molar-refractivity contribution in [1.82, 2.24) is 15.4 Å². The Balaban J connectivity index is 1.36. The van der Waals surface area contributed by atoms with E-state index in [1.165, 1.54) is 4.90 Å². The van der Waals surface area contributed by atoms with E-state index in [0.29, 0.717) is 30.4 Å². The molecule has 0 aromatic heterocycles. The molecule has 5 atom stereocenters. The smallest absolute Gasteiger partial charge is 0.328 e. The molecule has 1 aliphatic carbocycles. The van der Waals surface area contributed by atoms with Gasteiger partial charge in [-0.05, 0) is 42.6 Å². The third-order valence-electron chi connectivity index (χ3n) is 6.76. The maximum Gasteiger partial charge on any atom is 0.355 e. The van der Waals surface area contributed by atoms with E-state index >= 15 is 0 Å². The summed E-state index contributed by atoms with van der Waals surface area (Å²) in [4.78, 5) is 63.1. The Bertz CT molecular complexity index is 965. The molecule has 2 aliphatic heterocycles. The molecule has 0 spiro atoms. The van der Waals surface area contributed by atoms with Crippen LogP contribution in [0.25, 0.3) is 0 Å². The first-order valence-electron chi connectivity index (χ1n) is 11.8. The average molecular weight is 470 g/mol. The van der Waals surface area contributed by atoms with Crippen LogP contribution in [0, 0.1) is 23.7 Å². The first-order chi connectivity index (χ1) is 16.3. The monoisotopic (exact) mass is 469 g/mol. The van der Waals surface area contributed by atoms with Crippen LogP contribution in [-0.4, -0.2) is 46.4 Å². The van der Waals surface area contributed by atoms with Gasteiger partial charge in [0, 0.05) is 13.0 Å². The number of imide groups is 1. The molecule has 1 N–H and O–H groups in total. The van der Waals surface area contributed by atoms with Gasteiger partial charge in [-0.15, -0.1) is 5.06 Å². The lowest BCUT2D eigenvalue weighted by atomic mass is 9.89. The molecule has 1 aromatic rings. The van der Waals surface area contributed by atoms with Crippen molar-refractivity contribution < 1.29 is 28.9 Å². The van der Waals surface area contributed by atoms with Gasteiger partial charge in [-0.25, -0.2) is 15.1 Å². The highest BCUT2D eigenvalue weighted by Gasteiger charge is 2.47. The second-order valence-corrected chi connectivity index (χ2v) is 9.54. The second kappa shape index (κ2) is 10.4. The lowest BCUT2D eigenvalue weighted by Gasteiger charge is -2.36. The highest BCUT2D eigenvalue weighted by Crippen LogP contribution is 2.36. The van der Waals surface area contributed by atoms with Crippen LogP contribution in [0.1, 0.15) is 45.1 Å². The molecule has 34 heavy (non-hydrogen) atoms. The van der Waals surface area contributed by atoms with Crippen LogP contribution in [0.5, 0.6) is 0 Å². The van der Waals surface area contributed by atoms with E-state index in [9.17, 15) is 19.2 Å². The van der Waals surface area contributed by atoms with Gasteiger partial charge in [0.25, 0.3) is 11.8 Å². The fourth-order valence-corrected chi connectivity index (χ4v) is 4.87. The summed E-state index contributed by atoms with van der Waals surface area (Å²) in [6.07, 6.45) is 5.90. The fraction of sp³-hybridized carbons (Fsp3) is 0.520. The predicted molar refractivity (Wildman–Crippen MR) is 121 cm³/mol. The molecule has 2 fully saturated rings. The van der Waals surface area contributed by atoms with Gasteiger partial charge in [-0.3, -0.25) is 14.4 Å². The normalized spacial score (nSPS) is 28.9. The summed E-state index contributed by atoms with van der Waals surface area (Å²) in [6, 6.07) is 7.89. The largest absolute Gasteiger partial charge is 0.355 e. The molecule has 4 rings (SSSR count). The standard InChI is InChI=1S/C25H31N3O6/c1-16-8-10-19(12-16)20-13-22(29)28(23(20)30)34-24(31)21-11-9-17(2)14-27(21)25(32)26-33-15-18-6-4-3-5-7-18/h3-8,10,16-17,19-21H,9,11-15H2,1-2H3,(H,26,32)/t16-,17+,19+,20?,21-/m0/s1. The van der Waals surface area contributed by atoms with Gasteiger partial charge in [-0.2, -0.15) is 0 Å². The molecule has 2 heterocycles. The summed E-state index contributed by atoms with van der Waals surface area (Å²) in [5, 5.41) is 0.601. The minimum Gasteiger partial charge on any atom is -0.328 e. The van der Waals surface area contributed by atoms with Crippen LogP contribution in [-0.2, 0) is 30.7 Å². The lowest BCUT2D eigenvalue weighted by molar-refractivity contribution is -0.202. The molecule has 0 bridgehead atoms. The molecule has 9 nitrogen and oxygen atoms in total. The number of carbonyl (C=O) groups is 4. The molecule has 2 saturated heterocycles. The maximum atomic E-state index is 13.0. The first kappa shape index (κ1) is 23.9. The van der Waals surface area contributed by atoms with Gasteiger partial charge in [0.2, 0.25) is 0 Å². The number of nitrogens with zero attached hydrogens (tertiary/aromatic N) is 2. The number of rotatable bonds is 6. The van der Waals surface area contributed by atoms with Gasteiger partial charge in [-0.1, -0.05) is 56.3 Å². The number of nitrogens with one attached hydrogen (secondary N) is 1. The molecule has 1 unspecified atom stereocenters. The van der Waals surface area contributed by atoms with E-state index in [-0.39, 0.29) is 24.9 Å². The molecular formula is C25H31N3O6. The summed E-state index contributed by atoms with van der Waals surface area (Å²) in [5.74, 6) is -1.82. The lowest BCUT2D eigenvalue weighted by Crippen LogP contribution is -2.55. The van der Waals surface area contributed by atoms with E-state index in [2.05, 4.69) is 12.4 Å². The van der Waals surface area contributed by atoms with Crippen molar-refractivity contribution in [3.63, 3.8) is 0 Å². The number of amides is 4. The number of carbonyl (C=O) groups excluding carboxylic acids is 4. The zero-order valence-electron chi connectivity index (χ0n) is 19.5. The van der Waals surface area contributed by atoms with E-state index in [4.69, 9.17) is 9.68 Å². The fourth-order valence-electron chi connectivity index (χ4n) is 4.87. The molecule has 9 heteroatoms. The van der Waals surface area contributed by atoms with Crippen LogP contribution < -0.4 is 5.48 Å². The van der Waals surface area contributed by atoms with Gasteiger partial charge >= 0.3 is 12.0 Å². The highest BCUT2D eigenvalue weighted by atomic mass is 16.7. The topological polar surface area (TPSA) is 105 Å². The highest BCUT2D eigenvalue weighted by molar-refractivity contribution is 6.03. The van der Waals surface area contributed by atoms with Crippen molar-refractivity contribution in [1.29, 1.82) is 0 Å². The number of likely N-dealkylation sites (tertiary alicyclic amines) is 1. The second-order valence-electron chi connectivity index (χ2n) is 9.54. The summed E-state index contributed by atoms with van der Waals surface area (Å²) in [5.41, 5.74) is 3.28. The molecule has 4 amide bonds. The maximum absolute atomic E-state index is 13.0. The Morgan fingerprint density at radius 3 is 2.56 bits per heavy atom. The number of hydrogen-bond acceptors (Lipinski definition) is 6. The van der Waals surface area contributed by atoms with Crippen molar-refractivity contribution in [3.05, 3.63) is 48.0 Å². The number of urea groups is 1. The van der Waals surface area contributed by atoms with E-state index in [1.54, 1.807) is 0 Å². The van der Waals surface area contributed by atoms with Crippen LogP contribution in [0.15, 0.2) is 42.5 Å². The molecule has 1 aromatic carbocycles. The van der Waals surface area contributed by atoms with Crippen LogP contribution >= 0.6 is 0 Å². The van der Waals surface area contributed by atoms with Crippen molar-refractivity contribution >= 4 is 23.8 Å². The summed E-state index contributed by atoms with van der Waals surface area (Å²) in [6.45, 7) is 4.55. The molecule has 182 valence electrons. The quantitative estimate of drug-likeness (QED) is 0.390. The average Bonchev–Trinajstić information content (AvgIpc) is 3.37. The van der Waals surface area contributed by atoms with Gasteiger partial charge in [0.1, 0.15) is 6.04 Å². The zero-order chi connectivity index (χ0) is 24.2. The Kier molecular flexibility index (Phi) is 7.31. The first-order valence-corrected chi connectivity index (χ1v) is 11.8. The molecule has 0 radical (unpaired) electrons. The number of hydroxylamine groups is 3. The SMILES string of the molecule is C[C@@H]1CC[C@@H](C(=O)ON2C(=O)CC([C@@H]3C=C[C@H](C)C3)C2=O)N(C(=O)NOCc2ccccc2)C1. The summed E-state index contributed by atoms with van der Waals surface area (Å²) in [7, 11) is 0. The zero-order valence-corrected chi connectivity index (χ0v) is 19.5. The summed E-state index contributed by atoms with van der Waals surface area (Å²) < 4.78 is 0. The molecule has 3 aliphatic rings. The van der Waals surface area contributed by atoms with E-state index < -0.39 is 35.8 Å².